The first kappa shape index (κ1) is 21.2. The summed E-state index contributed by atoms with van der Waals surface area (Å²) >= 11 is 12.5. The fourth-order valence-corrected chi connectivity index (χ4v) is 4.74. The average Bonchev–Trinajstić information content (AvgIpc) is 3.23. The van der Waals surface area contributed by atoms with Crippen molar-refractivity contribution in [3.05, 3.63) is 80.3 Å². The van der Waals surface area contributed by atoms with Crippen molar-refractivity contribution in [1.29, 1.82) is 0 Å². The van der Waals surface area contributed by atoms with Gasteiger partial charge in [-0.1, -0.05) is 49.2 Å². The zero-order valence-electron chi connectivity index (χ0n) is 17.9. The molecule has 2 aromatic carbocycles. The van der Waals surface area contributed by atoms with Gasteiger partial charge in [0, 0.05) is 16.6 Å². The molecule has 0 amide bonds. The van der Waals surface area contributed by atoms with Crippen molar-refractivity contribution in [3.8, 4) is 0 Å². The first-order valence-electron chi connectivity index (χ1n) is 10.3. The van der Waals surface area contributed by atoms with Crippen LogP contribution >= 0.6 is 23.2 Å². The number of hydrogen-bond donors (Lipinski definition) is 0. The third-order valence-corrected chi connectivity index (χ3v) is 6.32. The van der Waals surface area contributed by atoms with Gasteiger partial charge in [0.05, 0.1) is 34.7 Å². The average molecular weight is 446 g/mol. The number of hydrogen-bond acceptors (Lipinski definition) is 2. The van der Waals surface area contributed by atoms with E-state index in [9.17, 15) is 0 Å². The van der Waals surface area contributed by atoms with E-state index in [2.05, 4.69) is 44.2 Å². The second-order valence-corrected chi connectivity index (χ2v) is 9.39. The van der Waals surface area contributed by atoms with E-state index in [1.54, 1.807) is 18.2 Å². The molecule has 0 saturated carbocycles. The highest BCUT2D eigenvalue weighted by Crippen LogP contribution is 2.47. The molecule has 1 unspecified atom stereocenters. The molecule has 1 atom stereocenters. The van der Waals surface area contributed by atoms with Crippen LogP contribution in [0.15, 0.2) is 36.4 Å². The summed E-state index contributed by atoms with van der Waals surface area (Å²) in [7, 11) is 0. The predicted molar refractivity (Wildman–Crippen MR) is 122 cm³/mol. The molecule has 3 nitrogen and oxygen atoms in total. The molecular weight excluding hydrogens is 420 g/mol. The van der Waals surface area contributed by atoms with Gasteiger partial charge in [0.1, 0.15) is 0 Å². The summed E-state index contributed by atoms with van der Waals surface area (Å²) in [5.41, 5.74) is 5.99. The smallest absolute Gasteiger partial charge is 0.165 e. The van der Waals surface area contributed by atoms with E-state index in [1.165, 1.54) is 0 Å². The number of aromatic nitrogens is 2. The van der Waals surface area contributed by atoms with Crippen molar-refractivity contribution in [2.45, 2.75) is 59.2 Å². The highest BCUT2D eigenvalue weighted by atomic mass is 35.5. The zero-order chi connectivity index (χ0) is 21.7. The molecule has 1 aliphatic heterocycles. The number of anilines is 1. The van der Waals surface area contributed by atoms with Crippen molar-refractivity contribution in [2.75, 3.05) is 4.90 Å². The fraction of sp³-hybridized carbons (Fsp3) is 0.375. The standard InChI is InChI=1S/C24H26Cl2FN3/c1-13(2)23-21-20(30(28-23)14(3)4)12-29(19-8-6-7-18(26)22(19)27)24(21)17-11-16(25)10-9-15(17)5/h6-11,13-14,24H,12H2,1-5H3. The summed E-state index contributed by atoms with van der Waals surface area (Å²) in [6.45, 7) is 11.2. The van der Waals surface area contributed by atoms with E-state index in [1.807, 2.05) is 18.2 Å². The monoisotopic (exact) mass is 445 g/mol. The minimum absolute atomic E-state index is 0.125. The second-order valence-electron chi connectivity index (χ2n) is 8.54. The first-order chi connectivity index (χ1) is 14.2. The van der Waals surface area contributed by atoms with Crippen molar-refractivity contribution in [2.24, 2.45) is 0 Å². The molecule has 0 fully saturated rings. The quantitative estimate of drug-likeness (QED) is 0.415. The predicted octanol–water partition coefficient (Wildman–Crippen LogP) is 7.45. The molecule has 0 bridgehead atoms. The van der Waals surface area contributed by atoms with Gasteiger partial charge in [-0.3, -0.25) is 4.68 Å². The van der Waals surface area contributed by atoms with Crippen LogP contribution in [0.4, 0.5) is 10.1 Å². The van der Waals surface area contributed by atoms with Crippen LogP contribution in [0.1, 0.15) is 73.8 Å². The normalized spacial score (nSPS) is 16.1. The maximum absolute atomic E-state index is 15.1. The number of nitrogens with zero attached hydrogens (tertiary/aromatic N) is 3. The lowest BCUT2D eigenvalue weighted by atomic mass is 9.92. The molecule has 0 saturated heterocycles. The molecule has 0 spiro atoms. The first-order valence-corrected chi connectivity index (χ1v) is 11.0. The molecule has 0 N–H and O–H groups in total. The molecule has 158 valence electrons. The van der Waals surface area contributed by atoms with Crippen LogP contribution in [0.5, 0.6) is 0 Å². The van der Waals surface area contributed by atoms with Crippen molar-refractivity contribution in [3.63, 3.8) is 0 Å². The Kier molecular flexibility index (Phi) is 5.58. The van der Waals surface area contributed by atoms with E-state index in [0.29, 0.717) is 17.3 Å². The Bertz CT molecular complexity index is 1100. The van der Waals surface area contributed by atoms with Crippen molar-refractivity contribution in [1.82, 2.24) is 9.78 Å². The minimum Gasteiger partial charge on any atom is -0.352 e. The Labute approximate surface area is 187 Å². The van der Waals surface area contributed by atoms with Crippen molar-refractivity contribution >= 4 is 28.9 Å². The molecule has 4 rings (SSSR count). The molecule has 3 aromatic rings. The largest absolute Gasteiger partial charge is 0.352 e. The van der Waals surface area contributed by atoms with Gasteiger partial charge in [-0.05, 0) is 62.1 Å². The summed E-state index contributed by atoms with van der Waals surface area (Å²) in [4.78, 5) is 2.09. The molecule has 1 aliphatic rings. The Morgan fingerprint density at radius 3 is 2.50 bits per heavy atom. The molecule has 0 radical (unpaired) electrons. The lowest BCUT2D eigenvalue weighted by Gasteiger charge is -2.30. The van der Waals surface area contributed by atoms with E-state index in [-0.39, 0.29) is 23.0 Å². The number of fused-ring (bicyclic) bond motifs is 1. The second kappa shape index (κ2) is 7.90. The molecule has 6 heteroatoms. The Morgan fingerprint density at radius 1 is 1.10 bits per heavy atom. The summed E-state index contributed by atoms with van der Waals surface area (Å²) in [5, 5.41) is 5.75. The summed E-state index contributed by atoms with van der Waals surface area (Å²) < 4.78 is 17.2. The SMILES string of the molecule is Cc1ccc(Cl)cc1C1c2c(C(C)C)nn(C(C)C)c2CN1c1cccc(Cl)c1F. The number of benzene rings is 2. The van der Waals surface area contributed by atoms with E-state index < -0.39 is 5.82 Å². The third kappa shape index (κ3) is 3.40. The van der Waals surface area contributed by atoms with E-state index >= 15 is 4.39 Å². The van der Waals surface area contributed by atoms with Gasteiger partial charge in [0.25, 0.3) is 0 Å². The van der Waals surface area contributed by atoms with Gasteiger partial charge in [0.15, 0.2) is 5.82 Å². The number of halogens is 3. The fourth-order valence-electron chi connectivity index (χ4n) is 4.39. The Balaban J connectivity index is 2.01. The molecule has 30 heavy (non-hydrogen) atoms. The summed E-state index contributed by atoms with van der Waals surface area (Å²) in [5.74, 6) is -0.158. The summed E-state index contributed by atoms with van der Waals surface area (Å²) in [6.07, 6.45) is 0. The zero-order valence-corrected chi connectivity index (χ0v) is 19.4. The molecule has 1 aromatic heterocycles. The maximum Gasteiger partial charge on any atom is 0.165 e. The lowest BCUT2D eigenvalue weighted by Crippen LogP contribution is -2.26. The van der Waals surface area contributed by atoms with Crippen molar-refractivity contribution < 1.29 is 4.39 Å². The van der Waals surface area contributed by atoms with Crippen LogP contribution in [0.25, 0.3) is 0 Å². The van der Waals surface area contributed by atoms with Gasteiger partial charge in [-0.25, -0.2) is 4.39 Å². The maximum atomic E-state index is 15.1. The molecule has 0 aliphatic carbocycles. The summed E-state index contributed by atoms with van der Waals surface area (Å²) in [6, 6.07) is 11.1. The van der Waals surface area contributed by atoms with E-state index in [4.69, 9.17) is 28.3 Å². The van der Waals surface area contributed by atoms with Crippen LogP contribution in [0, 0.1) is 12.7 Å². The van der Waals surface area contributed by atoms with Gasteiger partial charge < -0.3 is 4.90 Å². The van der Waals surface area contributed by atoms with Crippen LogP contribution in [0.2, 0.25) is 10.0 Å². The Morgan fingerprint density at radius 2 is 1.83 bits per heavy atom. The number of aryl methyl sites for hydroxylation is 1. The minimum atomic E-state index is -0.399. The van der Waals surface area contributed by atoms with Gasteiger partial charge in [-0.2, -0.15) is 5.10 Å². The van der Waals surface area contributed by atoms with E-state index in [0.717, 1.165) is 28.1 Å². The van der Waals surface area contributed by atoms with Gasteiger partial charge >= 0.3 is 0 Å². The number of rotatable bonds is 4. The molecular formula is C24H26Cl2FN3. The molecule has 2 heterocycles. The van der Waals surface area contributed by atoms with Crippen LogP contribution in [-0.2, 0) is 6.54 Å². The highest BCUT2D eigenvalue weighted by Gasteiger charge is 2.40. The third-order valence-electron chi connectivity index (χ3n) is 5.80. The topological polar surface area (TPSA) is 21.1 Å². The van der Waals surface area contributed by atoms with Gasteiger partial charge in [-0.15, -0.1) is 0 Å². The highest BCUT2D eigenvalue weighted by molar-refractivity contribution is 6.31. The lowest BCUT2D eigenvalue weighted by molar-refractivity contribution is 0.499. The van der Waals surface area contributed by atoms with Crippen LogP contribution in [-0.4, -0.2) is 9.78 Å². The van der Waals surface area contributed by atoms with Crippen LogP contribution in [0.3, 0.4) is 0 Å². The van der Waals surface area contributed by atoms with Gasteiger partial charge in [0.2, 0.25) is 0 Å². The Hall–Kier alpha value is -2.04. The van der Waals surface area contributed by atoms with Crippen LogP contribution < -0.4 is 4.90 Å².